The largest absolute Gasteiger partial charge is 0.494 e. The van der Waals surface area contributed by atoms with Crippen LogP contribution in [0.1, 0.15) is 36.6 Å². The van der Waals surface area contributed by atoms with E-state index in [4.69, 9.17) is 9.73 Å². The number of benzene rings is 4. The molecule has 0 saturated heterocycles. The predicted molar refractivity (Wildman–Crippen MR) is 184 cm³/mol. The molecule has 0 fully saturated rings. The average molecular weight is 643 g/mol. The number of para-hydroxylation sites is 2. The molecular weight excluding hydrogens is 612 g/mol. The summed E-state index contributed by atoms with van der Waals surface area (Å²) < 4.78 is 24.3. The van der Waals surface area contributed by atoms with E-state index in [1.54, 1.807) is 23.6 Å². The molecule has 0 aliphatic carbocycles. The smallest absolute Gasteiger partial charge is 0.271 e. The fourth-order valence-electron chi connectivity index (χ4n) is 6.03. The zero-order chi connectivity index (χ0) is 32.5. The summed E-state index contributed by atoms with van der Waals surface area (Å²) in [6.45, 7) is 4.59. The van der Waals surface area contributed by atoms with Crippen molar-refractivity contribution in [1.29, 1.82) is 0 Å². The van der Waals surface area contributed by atoms with Crippen molar-refractivity contribution < 1.29 is 13.9 Å². The maximum absolute atomic E-state index is 14.6. The third kappa shape index (κ3) is 5.81. The van der Waals surface area contributed by atoms with Gasteiger partial charge in [0.2, 0.25) is 0 Å². The zero-order valence-corrected chi connectivity index (χ0v) is 26.6. The second-order valence-corrected chi connectivity index (χ2v) is 12.2. The number of ether oxygens (including phenoxy) is 1. The van der Waals surface area contributed by atoms with Gasteiger partial charge in [0, 0.05) is 33.9 Å². The van der Waals surface area contributed by atoms with Crippen molar-refractivity contribution in [1.82, 2.24) is 9.13 Å². The summed E-state index contributed by atoms with van der Waals surface area (Å²) in [5.74, 6) is 0.102. The molecule has 0 bridgehead atoms. The van der Waals surface area contributed by atoms with Crippen molar-refractivity contribution in [3.8, 4) is 5.75 Å². The van der Waals surface area contributed by atoms with Crippen LogP contribution in [0, 0.1) is 5.82 Å². The van der Waals surface area contributed by atoms with Crippen LogP contribution in [0.5, 0.6) is 5.75 Å². The van der Waals surface area contributed by atoms with Crippen LogP contribution in [-0.2, 0) is 11.3 Å². The number of halogens is 1. The van der Waals surface area contributed by atoms with Crippen LogP contribution < -0.4 is 24.9 Å². The van der Waals surface area contributed by atoms with Gasteiger partial charge in [-0.05, 0) is 61.9 Å². The lowest BCUT2D eigenvalue weighted by Crippen LogP contribution is -2.40. The van der Waals surface area contributed by atoms with Gasteiger partial charge in [0.05, 0.1) is 35.0 Å². The summed E-state index contributed by atoms with van der Waals surface area (Å²) in [6, 6.07) is 30.6. The van der Waals surface area contributed by atoms with Crippen LogP contribution in [0.2, 0.25) is 0 Å². The van der Waals surface area contributed by atoms with Gasteiger partial charge in [-0.1, -0.05) is 78.1 Å². The monoisotopic (exact) mass is 642 g/mol. The number of hydrogen-bond donors (Lipinski definition) is 1. The minimum atomic E-state index is -0.713. The van der Waals surface area contributed by atoms with Crippen LogP contribution >= 0.6 is 11.3 Å². The molecule has 1 aliphatic heterocycles. The Morgan fingerprint density at radius 2 is 1.70 bits per heavy atom. The van der Waals surface area contributed by atoms with E-state index in [0.717, 1.165) is 22.0 Å². The summed E-state index contributed by atoms with van der Waals surface area (Å²) >= 11 is 1.28. The van der Waals surface area contributed by atoms with Crippen molar-refractivity contribution >= 4 is 39.9 Å². The van der Waals surface area contributed by atoms with Crippen LogP contribution in [0.25, 0.3) is 17.0 Å². The van der Waals surface area contributed by atoms with Gasteiger partial charge in [0.25, 0.3) is 11.5 Å². The Hall–Kier alpha value is -5.54. The molecule has 234 valence electrons. The van der Waals surface area contributed by atoms with Crippen molar-refractivity contribution in [2.45, 2.75) is 26.4 Å². The molecule has 0 unspecified atom stereocenters. The highest BCUT2D eigenvalue weighted by atomic mass is 32.1. The van der Waals surface area contributed by atoms with Gasteiger partial charge in [0.15, 0.2) is 4.80 Å². The molecule has 7 nitrogen and oxygen atoms in total. The lowest BCUT2D eigenvalue weighted by atomic mass is 9.95. The van der Waals surface area contributed by atoms with E-state index in [9.17, 15) is 14.0 Å². The molecule has 6 aromatic rings. The minimum absolute atomic E-state index is 0.254. The Bertz CT molecular complexity index is 2340. The van der Waals surface area contributed by atoms with Crippen molar-refractivity contribution in [2.75, 3.05) is 11.9 Å². The number of nitrogens with one attached hydrogen (secondary N) is 1. The van der Waals surface area contributed by atoms with Crippen LogP contribution in [0.4, 0.5) is 10.1 Å². The number of fused-ring (bicyclic) bond motifs is 2. The van der Waals surface area contributed by atoms with Crippen molar-refractivity contribution in [3.05, 3.63) is 163 Å². The van der Waals surface area contributed by atoms with Gasteiger partial charge >= 0.3 is 0 Å². The number of rotatable bonds is 8. The maximum atomic E-state index is 14.6. The number of hydrogen-bond acceptors (Lipinski definition) is 5. The number of carbonyl (C=O) groups is 1. The van der Waals surface area contributed by atoms with E-state index in [-0.39, 0.29) is 17.3 Å². The van der Waals surface area contributed by atoms with Gasteiger partial charge in [-0.15, -0.1) is 0 Å². The number of nitrogens with zero attached hydrogens (tertiary/aromatic N) is 3. The molecule has 1 atom stereocenters. The SMILES string of the molecule is CCOc1ccc([C@H]2C(C(=O)Nc3ccccc3)=C(C)N=c3s/c(=C\c4cn(Cc5ccccc5F)c5ccccc45)c(=O)n32)cc1. The first-order valence-electron chi connectivity index (χ1n) is 15.3. The Balaban J connectivity index is 1.36. The van der Waals surface area contributed by atoms with E-state index in [1.807, 2.05) is 109 Å². The fourth-order valence-corrected chi connectivity index (χ4v) is 7.07. The Morgan fingerprint density at radius 1 is 0.979 bits per heavy atom. The normalized spacial score (nSPS) is 14.6. The highest BCUT2D eigenvalue weighted by Gasteiger charge is 2.32. The molecule has 0 radical (unpaired) electrons. The Labute approximate surface area is 274 Å². The standard InChI is InChI=1S/C38H31FN4O3S/c1-3-46-29-19-17-25(18-20-29)35-34(36(44)41-28-12-5-4-6-13-28)24(2)40-38-43(35)37(45)33(47-38)21-27-23-42(32-16-10-8-14-30(27)32)22-26-11-7-9-15-31(26)39/h4-21,23,35H,3,22H2,1-2H3,(H,41,44)/b33-21-/t35-/m0/s1. The van der Waals surface area contributed by atoms with E-state index in [0.29, 0.717) is 50.8 Å². The van der Waals surface area contributed by atoms with E-state index in [2.05, 4.69) is 5.32 Å². The first kappa shape index (κ1) is 30.1. The molecule has 47 heavy (non-hydrogen) atoms. The van der Waals surface area contributed by atoms with Crippen LogP contribution in [0.15, 0.2) is 130 Å². The summed E-state index contributed by atoms with van der Waals surface area (Å²) in [4.78, 5) is 33.5. The Kier molecular flexibility index (Phi) is 8.14. The molecule has 9 heteroatoms. The second kappa shape index (κ2) is 12.7. The predicted octanol–water partition coefficient (Wildman–Crippen LogP) is 6.41. The molecule has 3 heterocycles. The molecule has 0 spiro atoms. The molecule has 1 N–H and O–H groups in total. The summed E-state index contributed by atoms with van der Waals surface area (Å²) in [5, 5.41) is 3.93. The van der Waals surface area contributed by atoms with Crippen molar-refractivity contribution in [3.63, 3.8) is 0 Å². The van der Waals surface area contributed by atoms with Crippen LogP contribution in [-0.4, -0.2) is 21.6 Å². The molecule has 7 rings (SSSR count). The first-order valence-corrected chi connectivity index (χ1v) is 16.2. The molecule has 0 saturated carbocycles. The molecule has 4 aromatic carbocycles. The van der Waals surface area contributed by atoms with Gasteiger partial charge in [-0.3, -0.25) is 14.2 Å². The first-order chi connectivity index (χ1) is 22.9. The quantitative estimate of drug-likeness (QED) is 0.208. The number of allylic oxidation sites excluding steroid dienone is 1. The summed E-state index contributed by atoms with van der Waals surface area (Å²) in [5.41, 5.74) is 4.41. The van der Waals surface area contributed by atoms with Gasteiger partial charge in [-0.2, -0.15) is 0 Å². The number of amides is 1. The molecule has 1 amide bonds. The number of aromatic nitrogens is 2. The highest BCUT2D eigenvalue weighted by molar-refractivity contribution is 7.07. The summed E-state index contributed by atoms with van der Waals surface area (Å²) in [7, 11) is 0. The average Bonchev–Trinajstić information content (AvgIpc) is 3.58. The summed E-state index contributed by atoms with van der Waals surface area (Å²) in [6.07, 6.45) is 3.81. The molecular formula is C38H31FN4O3S. The van der Waals surface area contributed by atoms with E-state index in [1.165, 1.54) is 17.4 Å². The lowest BCUT2D eigenvalue weighted by molar-refractivity contribution is -0.113. The number of anilines is 1. The Morgan fingerprint density at radius 3 is 2.47 bits per heavy atom. The van der Waals surface area contributed by atoms with E-state index >= 15 is 0 Å². The third-order valence-electron chi connectivity index (χ3n) is 8.21. The van der Waals surface area contributed by atoms with Gasteiger partial charge < -0.3 is 14.6 Å². The molecule has 1 aliphatic rings. The van der Waals surface area contributed by atoms with Gasteiger partial charge in [-0.25, -0.2) is 9.38 Å². The zero-order valence-electron chi connectivity index (χ0n) is 25.8. The minimum Gasteiger partial charge on any atom is -0.494 e. The number of carbonyl (C=O) groups excluding carboxylic acids is 1. The van der Waals surface area contributed by atoms with Crippen molar-refractivity contribution in [2.24, 2.45) is 4.99 Å². The molecule has 2 aromatic heterocycles. The highest BCUT2D eigenvalue weighted by Crippen LogP contribution is 2.32. The topological polar surface area (TPSA) is 77.6 Å². The lowest BCUT2D eigenvalue weighted by Gasteiger charge is -2.25. The fraction of sp³-hybridized carbons (Fsp3) is 0.132. The van der Waals surface area contributed by atoms with E-state index < -0.39 is 6.04 Å². The van der Waals surface area contributed by atoms with Gasteiger partial charge in [0.1, 0.15) is 11.6 Å². The van der Waals surface area contributed by atoms with Crippen LogP contribution in [0.3, 0.4) is 0 Å². The maximum Gasteiger partial charge on any atom is 0.271 e. The second-order valence-electron chi connectivity index (χ2n) is 11.2. The number of thiazole rings is 1. The third-order valence-corrected chi connectivity index (χ3v) is 9.19.